The zero-order valence-electron chi connectivity index (χ0n) is 10.3. The molecule has 5 nitrogen and oxygen atoms in total. The van der Waals surface area contributed by atoms with E-state index in [0.717, 1.165) is 5.56 Å². The van der Waals surface area contributed by atoms with Crippen LogP contribution in [0.4, 0.5) is 10.2 Å². The van der Waals surface area contributed by atoms with Crippen LogP contribution in [0.3, 0.4) is 0 Å². The largest absolute Gasteiger partial charge is 0.463 e. The van der Waals surface area contributed by atoms with E-state index in [1.165, 1.54) is 25.4 Å². The van der Waals surface area contributed by atoms with Gasteiger partial charge in [-0.25, -0.2) is 19.2 Å². The average Bonchev–Trinajstić information content (AvgIpc) is 2.45. The molecule has 98 valence electrons. The van der Waals surface area contributed by atoms with Crippen molar-refractivity contribution in [1.82, 2.24) is 9.97 Å². The minimum atomic E-state index is -0.602. The molecule has 19 heavy (non-hydrogen) atoms. The van der Waals surface area contributed by atoms with Crippen molar-refractivity contribution in [3.63, 3.8) is 0 Å². The number of anilines is 1. The quantitative estimate of drug-likeness (QED) is 0.853. The van der Waals surface area contributed by atoms with Crippen molar-refractivity contribution < 1.29 is 13.9 Å². The smallest absolute Gasteiger partial charge is 0.376 e. The molecule has 0 bridgehead atoms. The molecule has 0 aliphatic carbocycles. The molecule has 2 rings (SSSR count). The number of carbonyl (C=O) groups excluding carboxylic acids is 1. The lowest BCUT2D eigenvalue weighted by atomic mass is 10.2. The van der Waals surface area contributed by atoms with Gasteiger partial charge in [0.1, 0.15) is 11.6 Å². The minimum Gasteiger partial charge on any atom is -0.463 e. The van der Waals surface area contributed by atoms with Gasteiger partial charge in [-0.3, -0.25) is 0 Å². The third kappa shape index (κ3) is 3.48. The first-order chi connectivity index (χ1) is 9.19. The van der Waals surface area contributed by atoms with Crippen molar-refractivity contribution in [1.29, 1.82) is 0 Å². The van der Waals surface area contributed by atoms with E-state index in [-0.39, 0.29) is 11.6 Å². The number of methoxy groups -OCH3 is 1. The maximum Gasteiger partial charge on any atom is 0.376 e. The van der Waals surface area contributed by atoms with Crippen LogP contribution in [0.1, 0.15) is 16.2 Å². The van der Waals surface area contributed by atoms with Crippen LogP contribution in [-0.4, -0.2) is 23.0 Å². The summed E-state index contributed by atoms with van der Waals surface area (Å²) in [7, 11) is 1.26. The molecule has 0 aliphatic heterocycles. The number of nitrogens with zero attached hydrogens (tertiary/aromatic N) is 2. The monoisotopic (exact) mass is 261 g/mol. The topological polar surface area (TPSA) is 64.1 Å². The second kappa shape index (κ2) is 5.90. The third-order valence-electron chi connectivity index (χ3n) is 2.39. The fraction of sp³-hybridized carbons (Fsp3) is 0.154. The van der Waals surface area contributed by atoms with E-state index in [4.69, 9.17) is 0 Å². The summed E-state index contributed by atoms with van der Waals surface area (Å²) in [5.41, 5.74) is 0.776. The minimum absolute atomic E-state index is 0.0215. The van der Waals surface area contributed by atoms with Crippen molar-refractivity contribution in [2.24, 2.45) is 0 Å². The molecule has 0 saturated heterocycles. The maximum atomic E-state index is 13.0. The Bertz CT molecular complexity index is 590. The molecule has 2 aromatic rings. The Morgan fingerprint density at radius 3 is 3.00 bits per heavy atom. The van der Waals surface area contributed by atoms with E-state index >= 15 is 0 Å². The fourth-order valence-corrected chi connectivity index (χ4v) is 1.49. The van der Waals surface area contributed by atoms with Crippen molar-refractivity contribution in [2.45, 2.75) is 6.54 Å². The Labute approximate surface area is 109 Å². The highest BCUT2D eigenvalue weighted by molar-refractivity contribution is 5.85. The number of carbonyl (C=O) groups is 1. The average molecular weight is 261 g/mol. The Kier molecular flexibility index (Phi) is 4.02. The van der Waals surface area contributed by atoms with Crippen molar-refractivity contribution in [2.75, 3.05) is 12.4 Å². The summed E-state index contributed by atoms with van der Waals surface area (Å²) in [6.07, 6.45) is 1.45. The fourth-order valence-electron chi connectivity index (χ4n) is 1.49. The molecule has 0 atom stereocenters. The van der Waals surface area contributed by atoms with Gasteiger partial charge in [0.25, 0.3) is 0 Å². The molecule has 0 saturated carbocycles. The highest BCUT2D eigenvalue weighted by Crippen LogP contribution is 2.08. The van der Waals surface area contributed by atoms with Crippen LogP contribution >= 0.6 is 0 Å². The lowest BCUT2D eigenvalue weighted by molar-refractivity contribution is 0.0587. The summed E-state index contributed by atoms with van der Waals surface area (Å²) in [6, 6.07) is 7.84. The van der Waals surface area contributed by atoms with Crippen LogP contribution < -0.4 is 5.32 Å². The normalized spacial score (nSPS) is 10.0. The summed E-state index contributed by atoms with van der Waals surface area (Å²) in [5, 5.41) is 2.98. The number of nitrogens with one attached hydrogen (secondary N) is 1. The Hall–Kier alpha value is -2.50. The second-order valence-electron chi connectivity index (χ2n) is 3.74. The Balaban J connectivity index is 2.05. The van der Waals surface area contributed by atoms with E-state index in [1.807, 2.05) is 0 Å². The molecule has 1 N–H and O–H groups in total. The van der Waals surface area contributed by atoms with Gasteiger partial charge in [-0.15, -0.1) is 0 Å². The number of hydrogen-bond acceptors (Lipinski definition) is 5. The van der Waals surface area contributed by atoms with Crippen LogP contribution in [0.15, 0.2) is 36.5 Å². The van der Waals surface area contributed by atoms with Gasteiger partial charge in [0, 0.05) is 12.7 Å². The molecular weight excluding hydrogens is 249 g/mol. The number of benzene rings is 1. The van der Waals surface area contributed by atoms with E-state index in [1.54, 1.807) is 18.2 Å². The molecule has 1 aromatic heterocycles. The first-order valence-corrected chi connectivity index (χ1v) is 5.58. The van der Waals surface area contributed by atoms with Gasteiger partial charge in [0.15, 0.2) is 0 Å². The Morgan fingerprint density at radius 2 is 2.26 bits per heavy atom. The van der Waals surface area contributed by atoms with Crippen molar-refractivity contribution in [3.8, 4) is 0 Å². The summed E-state index contributed by atoms with van der Waals surface area (Å²) in [6.45, 7) is 0.398. The first kappa shape index (κ1) is 12.9. The molecule has 0 spiro atoms. The highest BCUT2D eigenvalue weighted by atomic mass is 19.1. The molecule has 0 fully saturated rings. The van der Waals surface area contributed by atoms with Gasteiger partial charge >= 0.3 is 5.97 Å². The van der Waals surface area contributed by atoms with Crippen molar-refractivity contribution in [3.05, 3.63) is 53.7 Å². The number of rotatable bonds is 4. The number of hydrogen-bond donors (Lipinski definition) is 1. The van der Waals surface area contributed by atoms with Gasteiger partial charge < -0.3 is 10.1 Å². The molecule has 0 radical (unpaired) electrons. The van der Waals surface area contributed by atoms with Crippen LogP contribution in [-0.2, 0) is 11.3 Å². The molecule has 1 heterocycles. The lowest BCUT2D eigenvalue weighted by Crippen LogP contribution is -2.09. The number of halogens is 1. The second-order valence-corrected chi connectivity index (χ2v) is 3.74. The number of aromatic nitrogens is 2. The van der Waals surface area contributed by atoms with E-state index < -0.39 is 5.97 Å². The number of ether oxygens (including phenoxy) is 1. The summed E-state index contributed by atoms with van der Waals surface area (Å²) in [4.78, 5) is 19.0. The molecule has 0 amide bonds. The summed E-state index contributed by atoms with van der Waals surface area (Å²) < 4.78 is 17.5. The van der Waals surface area contributed by atoms with E-state index in [2.05, 4.69) is 20.0 Å². The van der Waals surface area contributed by atoms with Crippen LogP contribution in [0.25, 0.3) is 0 Å². The van der Waals surface area contributed by atoms with Gasteiger partial charge in [-0.05, 0) is 23.8 Å². The standard InChI is InChI=1S/C13H12FN3O2/c1-19-13(18)12-15-6-5-11(17-12)16-8-9-3-2-4-10(14)7-9/h2-7H,8H2,1H3,(H,15,16,17). The first-order valence-electron chi connectivity index (χ1n) is 5.58. The van der Waals surface area contributed by atoms with Gasteiger partial charge in [-0.2, -0.15) is 0 Å². The zero-order valence-corrected chi connectivity index (χ0v) is 10.3. The highest BCUT2D eigenvalue weighted by Gasteiger charge is 2.09. The third-order valence-corrected chi connectivity index (χ3v) is 2.39. The molecular formula is C13H12FN3O2. The lowest BCUT2D eigenvalue weighted by Gasteiger charge is -2.06. The van der Waals surface area contributed by atoms with Crippen LogP contribution in [0, 0.1) is 5.82 Å². The molecule has 0 aliphatic rings. The molecule has 6 heteroatoms. The van der Waals surface area contributed by atoms with Gasteiger partial charge in [-0.1, -0.05) is 12.1 Å². The maximum absolute atomic E-state index is 13.0. The van der Waals surface area contributed by atoms with Gasteiger partial charge in [0.05, 0.1) is 7.11 Å². The molecule has 1 aromatic carbocycles. The number of esters is 1. The van der Waals surface area contributed by atoms with Gasteiger partial charge in [0.2, 0.25) is 5.82 Å². The Morgan fingerprint density at radius 1 is 1.42 bits per heavy atom. The molecule has 0 unspecified atom stereocenters. The van der Waals surface area contributed by atoms with Crippen LogP contribution in [0.2, 0.25) is 0 Å². The SMILES string of the molecule is COC(=O)c1nccc(NCc2cccc(F)c2)n1. The zero-order chi connectivity index (χ0) is 13.7. The summed E-state index contributed by atoms with van der Waals surface area (Å²) >= 11 is 0. The predicted octanol–water partition coefficient (Wildman–Crippen LogP) is 2.01. The van der Waals surface area contributed by atoms with Crippen LogP contribution in [0.5, 0.6) is 0 Å². The van der Waals surface area contributed by atoms with E-state index in [0.29, 0.717) is 12.4 Å². The van der Waals surface area contributed by atoms with Crippen molar-refractivity contribution >= 4 is 11.8 Å². The van der Waals surface area contributed by atoms with E-state index in [9.17, 15) is 9.18 Å². The summed E-state index contributed by atoms with van der Waals surface area (Å²) in [5.74, 6) is -0.446. The predicted molar refractivity (Wildman–Crippen MR) is 67.1 cm³/mol.